The zero-order chi connectivity index (χ0) is 33.1. The summed E-state index contributed by atoms with van der Waals surface area (Å²) in [7, 11) is 0. The molecule has 47 heavy (non-hydrogen) atoms. The number of alkyl halides is 3. The molecule has 2 heterocycles. The van der Waals surface area contributed by atoms with Gasteiger partial charge in [0.1, 0.15) is 24.1 Å². The Morgan fingerprint density at radius 3 is 2.40 bits per heavy atom. The van der Waals surface area contributed by atoms with E-state index >= 15 is 0 Å². The second-order valence-electron chi connectivity index (χ2n) is 13.1. The van der Waals surface area contributed by atoms with Crippen molar-refractivity contribution in [2.45, 2.75) is 62.2 Å². The van der Waals surface area contributed by atoms with Crippen LogP contribution in [0.1, 0.15) is 64.3 Å². The van der Waals surface area contributed by atoms with Crippen LogP contribution in [0.15, 0.2) is 72.8 Å². The molecule has 4 atom stereocenters. The van der Waals surface area contributed by atoms with Crippen LogP contribution in [0.25, 0.3) is 0 Å². The smallest absolute Gasteiger partial charge is 0.416 e. The lowest BCUT2D eigenvalue weighted by Crippen LogP contribution is -2.61. The number of ether oxygens (including phenoxy) is 1. The van der Waals surface area contributed by atoms with Crippen LogP contribution in [-0.4, -0.2) is 58.0 Å². The number of nitrogens with zero attached hydrogens (tertiary/aromatic N) is 2. The number of rotatable bonds is 8. The third-order valence-corrected chi connectivity index (χ3v) is 9.71. The Labute approximate surface area is 268 Å². The van der Waals surface area contributed by atoms with Gasteiger partial charge in [-0.3, -0.25) is 9.59 Å². The Hall–Kier alpha value is -4.45. The summed E-state index contributed by atoms with van der Waals surface area (Å²) in [5, 5.41) is 14.1. The number of aliphatic hydroxyl groups is 1. The van der Waals surface area contributed by atoms with Crippen molar-refractivity contribution in [1.29, 1.82) is 0 Å². The van der Waals surface area contributed by atoms with Crippen molar-refractivity contribution in [1.82, 2.24) is 15.1 Å². The molecule has 4 fully saturated rings. The molecule has 4 aliphatic rings. The summed E-state index contributed by atoms with van der Waals surface area (Å²) in [6, 6.07) is 16.3. The minimum atomic E-state index is -4.69. The third kappa shape index (κ3) is 6.18. The van der Waals surface area contributed by atoms with Gasteiger partial charge in [0.2, 0.25) is 5.91 Å². The molecule has 12 heteroatoms. The van der Waals surface area contributed by atoms with Crippen LogP contribution in [0.5, 0.6) is 0 Å². The first-order valence-corrected chi connectivity index (χ1v) is 15.7. The van der Waals surface area contributed by atoms with E-state index in [-0.39, 0.29) is 54.6 Å². The fraction of sp³-hybridized carbons (Fsp3) is 0.400. The van der Waals surface area contributed by atoms with Crippen molar-refractivity contribution in [3.63, 3.8) is 0 Å². The van der Waals surface area contributed by atoms with Crippen molar-refractivity contribution in [3.05, 3.63) is 106 Å². The van der Waals surface area contributed by atoms with Crippen LogP contribution in [0.3, 0.4) is 0 Å². The standard InChI is InChI=1S/C35H33F4N3O5/c36-27-16-25(35(37,38)39)11-12-26(27)30(21-9-10-21)40-31(43)29-15-23-14-28(23)42(29)32(44)22-7-4-8-24(13-22)34(46)18-41(19-34)33(45)47-17-20-5-2-1-3-6-20/h1-8,11-13,16,21,23,28-30,46H,9-10,14-15,17-19H2,(H,40,43)/t23-,28-,29-,30?/m1/s1. The summed E-state index contributed by atoms with van der Waals surface area (Å²) in [4.78, 5) is 43.0. The lowest BCUT2D eigenvalue weighted by Gasteiger charge is -2.46. The summed E-state index contributed by atoms with van der Waals surface area (Å²) in [6.07, 6.45) is -2.68. The highest BCUT2D eigenvalue weighted by molar-refractivity contribution is 5.99. The number of halogens is 4. The SMILES string of the molecule is O=C(NC(c1ccc(C(F)(F)F)cc1F)C1CC1)[C@H]1C[C@H]2C[C@H]2N1C(=O)c1cccc(C2(O)CN(C(=O)OCc3ccccc3)C2)c1. The molecule has 8 nitrogen and oxygen atoms in total. The number of amides is 3. The molecule has 0 radical (unpaired) electrons. The average molecular weight is 652 g/mol. The van der Waals surface area contributed by atoms with Crippen LogP contribution < -0.4 is 5.32 Å². The third-order valence-electron chi connectivity index (χ3n) is 9.71. The Balaban J connectivity index is 1.02. The summed E-state index contributed by atoms with van der Waals surface area (Å²) in [6.45, 7) is 0.0769. The van der Waals surface area contributed by atoms with Gasteiger partial charge in [-0.05, 0) is 72.9 Å². The predicted molar refractivity (Wildman–Crippen MR) is 160 cm³/mol. The van der Waals surface area contributed by atoms with Gasteiger partial charge in [-0.2, -0.15) is 13.2 Å². The molecule has 2 aliphatic carbocycles. The molecule has 246 valence electrons. The maximum atomic E-state index is 14.9. The Bertz CT molecular complexity index is 1710. The number of likely N-dealkylation sites (tertiary alicyclic amines) is 2. The van der Waals surface area contributed by atoms with E-state index in [2.05, 4.69) is 5.32 Å². The van der Waals surface area contributed by atoms with Gasteiger partial charge in [0.15, 0.2) is 0 Å². The molecule has 0 spiro atoms. The number of β-amino-alcohol motifs (C(OH)–C–C–N with tert-alkyl or cyclic N) is 1. The minimum absolute atomic E-state index is 0.00526. The maximum Gasteiger partial charge on any atom is 0.416 e. The number of nitrogens with one attached hydrogen (secondary N) is 1. The second-order valence-corrected chi connectivity index (χ2v) is 13.1. The molecule has 2 saturated carbocycles. The van der Waals surface area contributed by atoms with Crippen molar-refractivity contribution in [3.8, 4) is 0 Å². The van der Waals surface area contributed by atoms with Gasteiger partial charge in [0, 0.05) is 17.2 Å². The first-order valence-electron chi connectivity index (χ1n) is 15.7. The minimum Gasteiger partial charge on any atom is -0.445 e. The molecular formula is C35H33F4N3O5. The Morgan fingerprint density at radius 2 is 1.72 bits per heavy atom. The highest BCUT2D eigenvalue weighted by Gasteiger charge is 2.57. The number of hydrogen-bond donors (Lipinski definition) is 2. The summed E-state index contributed by atoms with van der Waals surface area (Å²) >= 11 is 0. The van der Waals surface area contributed by atoms with Gasteiger partial charge in [0.25, 0.3) is 5.91 Å². The zero-order valence-electron chi connectivity index (χ0n) is 25.3. The average Bonchev–Trinajstić information content (AvgIpc) is 3.98. The summed E-state index contributed by atoms with van der Waals surface area (Å²) < 4.78 is 59.6. The Morgan fingerprint density at radius 1 is 0.979 bits per heavy atom. The normalized spacial score (nSPS) is 23.4. The predicted octanol–water partition coefficient (Wildman–Crippen LogP) is 5.56. The summed E-state index contributed by atoms with van der Waals surface area (Å²) in [5.41, 5.74) is -0.918. The van der Waals surface area contributed by atoms with Gasteiger partial charge < -0.3 is 25.0 Å². The quantitative estimate of drug-likeness (QED) is 0.311. The van der Waals surface area contributed by atoms with Gasteiger partial charge in [-0.15, -0.1) is 0 Å². The number of hydrogen-bond acceptors (Lipinski definition) is 5. The number of benzene rings is 3. The van der Waals surface area contributed by atoms with E-state index in [4.69, 9.17) is 4.74 Å². The fourth-order valence-electron chi connectivity index (χ4n) is 6.87. The zero-order valence-corrected chi connectivity index (χ0v) is 25.3. The van der Waals surface area contributed by atoms with E-state index in [0.29, 0.717) is 30.9 Å². The number of piperidine rings is 1. The molecule has 0 aromatic heterocycles. The molecule has 3 aromatic rings. The largest absolute Gasteiger partial charge is 0.445 e. The van der Waals surface area contributed by atoms with Crippen molar-refractivity contribution < 1.29 is 41.8 Å². The molecule has 2 saturated heterocycles. The number of carbonyl (C=O) groups is 3. The van der Waals surface area contributed by atoms with E-state index in [9.17, 15) is 37.1 Å². The summed E-state index contributed by atoms with van der Waals surface area (Å²) in [5.74, 6) is -1.86. The second kappa shape index (κ2) is 11.7. The van der Waals surface area contributed by atoms with Gasteiger partial charge in [-0.1, -0.05) is 48.5 Å². The van der Waals surface area contributed by atoms with E-state index in [1.54, 1.807) is 29.2 Å². The van der Waals surface area contributed by atoms with Crippen LogP contribution in [0.4, 0.5) is 22.4 Å². The van der Waals surface area contributed by atoms with E-state index in [1.165, 1.54) is 4.90 Å². The molecule has 3 amide bonds. The maximum absolute atomic E-state index is 14.9. The number of carbonyl (C=O) groups excluding carboxylic acids is 3. The Kier molecular flexibility index (Phi) is 7.73. The molecular weight excluding hydrogens is 618 g/mol. The van der Waals surface area contributed by atoms with E-state index in [1.807, 2.05) is 30.3 Å². The van der Waals surface area contributed by atoms with Gasteiger partial charge in [0.05, 0.1) is 24.7 Å². The molecule has 1 unspecified atom stereocenters. The highest BCUT2D eigenvalue weighted by atomic mass is 19.4. The number of fused-ring (bicyclic) bond motifs is 1. The van der Waals surface area contributed by atoms with Crippen LogP contribution >= 0.6 is 0 Å². The first-order chi connectivity index (χ1) is 22.4. The molecule has 0 bridgehead atoms. The van der Waals surface area contributed by atoms with Crippen molar-refractivity contribution in [2.75, 3.05) is 13.1 Å². The molecule has 7 rings (SSSR count). The lowest BCUT2D eigenvalue weighted by molar-refractivity contribution is -0.137. The molecule has 3 aromatic carbocycles. The van der Waals surface area contributed by atoms with Crippen LogP contribution in [0, 0.1) is 17.7 Å². The molecule has 2 N–H and O–H groups in total. The van der Waals surface area contributed by atoms with E-state index in [0.717, 1.165) is 24.1 Å². The fourth-order valence-corrected chi connectivity index (χ4v) is 6.87. The monoisotopic (exact) mass is 651 g/mol. The molecule has 2 aliphatic heterocycles. The van der Waals surface area contributed by atoms with Crippen LogP contribution in [-0.2, 0) is 27.9 Å². The highest BCUT2D eigenvalue weighted by Crippen LogP contribution is 2.49. The van der Waals surface area contributed by atoms with Crippen molar-refractivity contribution >= 4 is 17.9 Å². The van der Waals surface area contributed by atoms with Crippen molar-refractivity contribution in [2.24, 2.45) is 11.8 Å². The topological polar surface area (TPSA) is 99.2 Å². The van der Waals surface area contributed by atoms with Gasteiger partial charge in [-0.25, -0.2) is 9.18 Å². The lowest BCUT2D eigenvalue weighted by atomic mass is 9.85. The van der Waals surface area contributed by atoms with Crippen LogP contribution in [0.2, 0.25) is 0 Å². The first kappa shape index (κ1) is 31.2. The van der Waals surface area contributed by atoms with Gasteiger partial charge >= 0.3 is 12.3 Å². The van der Waals surface area contributed by atoms with E-state index < -0.39 is 47.2 Å².